The molecule has 12 nitrogen and oxygen atoms in total. The lowest BCUT2D eigenvalue weighted by atomic mass is 9.95. The van der Waals surface area contributed by atoms with Gasteiger partial charge >= 0.3 is 0 Å². The van der Waals surface area contributed by atoms with Crippen LogP contribution in [0.2, 0.25) is 0 Å². The highest BCUT2D eigenvalue weighted by Crippen LogP contribution is 2.50. The van der Waals surface area contributed by atoms with Gasteiger partial charge < -0.3 is 30.2 Å². The molecule has 0 bridgehead atoms. The minimum absolute atomic E-state index is 0.0713. The highest BCUT2D eigenvalue weighted by atomic mass is 32.2. The molecule has 44 heavy (non-hydrogen) atoms. The lowest BCUT2D eigenvalue weighted by Crippen LogP contribution is -2.43. The molecule has 2 unspecified atom stereocenters. The number of carbonyl (C=O) groups is 2. The molecule has 0 radical (unpaired) electrons. The van der Waals surface area contributed by atoms with E-state index in [1.54, 1.807) is 31.0 Å². The maximum atomic E-state index is 13.7. The van der Waals surface area contributed by atoms with E-state index in [0.717, 1.165) is 9.87 Å². The number of amides is 2. The summed E-state index contributed by atoms with van der Waals surface area (Å²) in [5, 5.41) is 8.76. The molecule has 0 saturated carbocycles. The SMILES string of the molecule is COc1cc2c(c(OC)c1OC)-c1ccc(NC(CCSC)C(=O)NCCS(=O)(=O)N(C)C)c(=O)cc1C(NC(C)=O)CC2. The van der Waals surface area contributed by atoms with Crippen molar-refractivity contribution in [3.8, 4) is 28.4 Å². The molecule has 0 fully saturated rings. The topological polar surface area (TPSA) is 152 Å². The number of anilines is 1. The van der Waals surface area contributed by atoms with E-state index in [4.69, 9.17) is 14.2 Å². The molecular weight excluding hydrogens is 608 g/mol. The number of nitrogens with zero attached hydrogens (tertiary/aromatic N) is 1. The largest absolute Gasteiger partial charge is 0.493 e. The summed E-state index contributed by atoms with van der Waals surface area (Å²) in [5.74, 6) is 1.05. The molecule has 2 atom stereocenters. The predicted octanol–water partition coefficient (Wildman–Crippen LogP) is 2.40. The minimum atomic E-state index is -3.49. The first-order chi connectivity index (χ1) is 20.9. The molecule has 0 saturated heterocycles. The summed E-state index contributed by atoms with van der Waals surface area (Å²) in [6.45, 7) is 1.36. The van der Waals surface area contributed by atoms with E-state index in [1.807, 2.05) is 12.3 Å². The van der Waals surface area contributed by atoms with Crippen molar-refractivity contribution in [3.05, 3.63) is 45.6 Å². The standard InChI is InChI=1S/C30H42N4O8S2/c1-18(35)32-22-10-8-19-16-26(40-4)28(41-5)29(42-6)27(19)20-9-11-23(25(36)17-21(20)22)33-24(12-14-43-7)30(37)31-13-15-44(38,39)34(2)3/h9,11,16-17,22,24H,8,10,12-15H2,1-7H3,(H,31,37)(H,32,35)(H,33,36). The average molecular weight is 651 g/mol. The van der Waals surface area contributed by atoms with E-state index >= 15 is 0 Å². The zero-order valence-corrected chi connectivity index (χ0v) is 27.9. The second-order valence-corrected chi connectivity index (χ2v) is 13.8. The van der Waals surface area contributed by atoms with E-state index in [1.165, 1.54) is 41.3 Å². The summed E-state index contributed by atoms with van der Waals surface area (Å²) >= 11 is 1.55. The number of sulfonamides is 1. The van der Waals surface area contributed by atoms with Crippen molar-refractivity contribution < 1.29 is 32.2 Å². The number of nitrogens with one attached hydrogen (secondary N) is 3. The fourth-order valence-corrected chi connectivity index (χ4v) is 6.32. The first-order valence-electron chi connectivity index (χ1n) is 14.1. The maximum Gasteiger partial charge on any atom is 0.242 e. The van der Waals surface area contributed by atoms with Crippen molar-refractivity contribution in [2.45, 2.75) is 38.3 Å². The van der Waals surface area contributed by atoms with Gasteiger partial charge in [0.1, 0.15) is 6.04 Å². The monoisotopic (exact) mass is 650 g/mol. The summed E-state index contributed by atoms with van der Waals surface area (Å²) in [6.07, 6.45) is 3.38. The van der Waals surface area contributed by atoms with Gasteiger partial charge in [-0.2, -0.15) is 11.8 Å². The Balaban J connectivity index is 2.11. The number of thioether (sulfide) groups is 1. The van der Waals surface area contributed by atoms with Gasteiger partial charge in [-0.3, -0.25) is 14.4 Å². The van der Waals surface area contributed by atoms with Crippen LogP contribution in [0.5, 0.6) is 17.2 Å². The molecule has 0 aliphatic heterocycles. The normalized spacial score (nSPS) is 14.9. The van der Waals surface area contributed by atoms with Crippen molar-refractivity contribution in [3.63, 3.8) is 0 Å². The number of fused-ring (bicyclic) bond motifs is 3. The number of benzene rings is 1. The Hall–Kier alpha value is -3.49. The second-order valence-electron chi connectivity index (χ2n) is 10.5. The van der Waals surface area contributed by atoms with Gasteiger partial charge in [0, 0.05) is 33.1 Å². The van der Waals surface area contributed by atoms with Gasteiger partial charge in [0.15, 0.2) is 11.5 Å². The van der Waals surface area contributed by atoms with Gasteiger partial charge in [0.05, 0.1) is 38.8 Å². The van der Waals surface area contributed by atoms with Crippen molar-refractivity contribution in [2.24, 2.45) is 0 Å². The van der Waals surface area contributed by atoms with Crippen LogP contribution in [-0.2, 0) is 26.0 Å². The third-order valence-corrected chi connectivity index (χ3v) is 9.87. The van der Waals surface area contributed by atoms with Crippen LogP contribution in [-0.4, -0.2) is 90.3 Å². The van der Waals surface area contributed by atoms with E-state index < -0.39 is 28.0 Å². The number of hydrogen-bond acceptors (Lipinski definition) is 10. The highest BCUT2D eigenvalue weighted by molar-refractivity contribution is 7.98. The lowest BCUT2D eigenvalue weighted by molar-refractivity contribution is -0.122. The summed E-state index contributed by atoms with van der Waals surface area (Å²) in [7, 11) is 3.97. The fraction of sp³-hybridized carbons (Fsp3) is 0.500. The van der Waals surface area contributed by atoms with Crippen LogP contribution in [0.15, 0.2) is 29.1 Å². The number of aryl methyl sites for hydroxylation is 1. The Morgan fingerprint density at radius 2 is 1.80 bits per heavy atom. The van der Waals surface area contributed by atoms with Crippen LogP contribution < -0.4 is 35.6 Å². The molecule has 0 spiro atoms. The Labute approximate surface area is 263 Å². The van der Waals surface area contributed by atoms with Gasteiger partial charge in [-0.1, -0.05) is 6.07 Å². The molecule has 2 aromatic rings. The number of rotatable bonds is 14. The van der Waals surface area contributed by atoms with Crippen molar-refractivity contribution in [1.29, 1.82) is 0 Å². The first-order valence-corrected chi connectivity index (χ1v) is 17.1. The zero-order chi connectivity index (χ0) is 32.6. The Morgan fingerprint density at radius 1 is 1.09 bits per heavy atom. The number of carbonyl (C=O) groups excluding carboxylic acids is 2. The van der Waals surface area contributed by atoms with Crippen LogP contribution >= 0.6 is 11.8 Å². The quantitative estimate of drug-likeness (QED) is 0.278. The highest BCUT2D eigenvalue weighted by Gasteiger charge is 2.30. The molecule has 0 aromatic heterocycles. The molecule has 1 aliphatic carbocycles. The summed E-state index contributed by atoms with van der Waals surface area (Å²) in [6, 6.07) is 5.49. The number of ether oxygens (including phenoxy) is 3. The number of hydrogen-bond donors (Lipinski definition) is 3. The predicted molar refractivity (Wildman–Crippen MR) is 174 cm³/mol. The van der Waals surface area contributed by atoms with Crippen molar-refractivity contribution >= 4 is 39.3 Å². The van der Waals surface area contributed by atoms with E-state index in [0.29, 0.717) is 59.0 Å². The fourth-order valence-electron chi connectivity index (χ4n) is 5.13. The molecule has 2 aromatic carbocycles. The van der Waals surface area contributed by atoms with Gasteiger partial charge in [0.25, 0.3) is 0 Å². The summed E-state index contributed by atoms with van der Waals surface area (Å²) in [5.41, 5.74) is 2.68. The third kappa shape index (κ3) is 8.16. The lowest BCUT2D eigenvalue weighted by Gasteiger charge is -2.19. The molecule has 0 heterocycles. The smallest absolute Gasteiger partial charge is 0.242 e. The van der Waals surface area contributed by atoms with Crippen LogP contribution in [0.4, 0.5) is 5.69 Å². The van der Waals surface area contributed by atoms with Gasteiger partial charge in [-0.05, 0) is 66.2 Å². The van der Waals surface area contributed by atoms with Crippen LogP contribution in [0, 0.1) is 0 Å². The summed E-state index contributed by atoms with van der Waals surface area (Å²) < 4.78 is 42.4. The maximum absolute atomic E-state index is 13.7. The Morgan fingerprint density at radius 3 is 2.39 bits per heavy atom. The van der Waals surface area contributed by atoms with E-state index in [9.17, 15) is 22.8 Å². The second kappa shape index (κ2) is 15.5. The Kier molecular flexibility index (Phi) is 12.3. The van der Waals surface area contributed by atoms with Crippen LogP contribution in [0.25, 0.3) is 11.1 Å². The summed E-state index contributed by atoms with van der Waals surface area (Å²) in [4.78, 5) is 39.1. The molecule has 3 rings (SSSR count). The molecule has 14 heteroatoms. The zero-order valence-electron chi connectivity index (χ0n) is 26.2. The van der Waals surface area contributed by atoms with E-state index in [-0.39, 0.29) is 29.3 Å². The van der Waals surface area contributed by atoms with Gasteiger partial charge in [-0.25, -0.2) is 12.7 Å². The molecule has 1 aliphatic rings. The van der Waals surface area contributed by atoms with Gasteiger partial charge in [0.2, 0.25) is 33.0 Å². The van der Waals surface area contributed by atoms with Crippen LogP contribution in [0.1, 0.15) is 36.9 Å². The van der Waals surface area contributed by atoms with E-state index in [2.05, 4.69) is 16.0 Å². The third-order valence-electron chi connectivity index (χ3n) is 7.39. The molecule has 3 N–H and O–H groups in total. The average Bonchev–Trinajstić information content (AvgIpc) is 3.22. The van der Waals surface area contributed by atoms with Crippen molar-refractivity contribution in [2.75, 3.05) is 65.0 Å². The first kappa shape index (κ1) is 35.0. The Bertz CT molecular complexity index is 1530. The minimum Gasteiger partial charge on any atom is -0.493 e. The van der Waals surface area contributed by atoms with Gasteiger partial charge in [-0.15, -0.1) is 0 Å². The molecular formula is C30H42N4O8S2. The molecule has 242 valence electrons. The van der Waals surface area contributed by atoms with Crippen LogP contribution in [0.3, 0.4) is 0 Å². The number of methoxy groups -OCH3 is 3. The molecule has 2 amide bonds. The van der Waals surface area contributed by atoms with Crippen molar-refractivity contribution in [1.82, 2.24) is 14.9 Å².